The Morgan fingerprint density at radius 3 is 2.41 bits per heavy atom. The van der Waals surface area contributed by atoms with Crippen LogP contribution in [0.4, 0.5) is 5.69 Å². The molecule has 0 unspecified atom stereocenters. The number of para-hydroxylation sites is 2. The highest BCUT2D eigenvalue weighted by Gasteiger charge is 2.16. The number of hydrogen-bond donors (Lipinski definition) is 1. The van der Waals surface area contributed by atoms with Crippen molar-refractivity contribution in [3.05, 3.63) is 66.2 Å². The predicted molar refractivity (Wildman–Crippen MR) is 88.7 cm³/mol. The zero-order valence-electron chi connectivity index (χ0n) is 12.7. The van der Waals surface area contributed by atoms with Gasteiger partial charge < -0.3 is 4.74 Å². The zero-order chi connectivity index (χ0) is 16.2. The molecule has 1 N–H and O–H groups in total. The topological polar surface area (TPSA) is 55.4 Å². The summed E-state index contributed by atoms with van der Waals surface area (Å²) in [6.07, 6.45) is 0. The van der Waals surface area contributed by atoms with Gasteiger partial charge in [0.2, 0.25) is 0 Å². The Kier molecular flexibility index (Phi) is 4.88. The maximum atomic E-state index is 12.4. The van der Waals surface area contributed by atoms with E-state index in [1.165, 1.54) is 0 Å². The summed E-state index contributed by atoms with van der Waals surface area (Å²) in [5.41, 5.74) is 2.27. The maximum absolute atomic E-state index is 12.4. The van der Waals surface area contributed by atoms with Crippen molar-refractivity contribution in [1.29, 1.82) is 0 Å². The largest absolute Gasteiger partial charge is 0.487 e. The molecule has 0 saturated carbocycles. The summed E-state index contributed by atoms with van der Waals surface area (Å²) in [6, 6.07) is 13.6. The van der Waals surface area contributed by atoms with Crippen molar-refractivity contribution in [2.24, 2.45) is 0 Å². The number of benzene rings is 2. The van der Waals surface area contributed by atoms with E-state index in [1.807, 2.05) is 13.8 Å². The summed E-state index contributed by atoms with van der Waals surface area (Å²) in [4.78, 5) is 0.216. The predicted octanol–water partition coefficient (Wildman–Crippen LogP) is 3.75. The lowest BCUT2D eigenvalue weighted by atomic mass is 10.2. The normalized spacial score (nSPS) is 11.0. The van der Waals surface area contributed by atoms with Crippen molar-refractivity contribution < 1.29 is 13.2 Å². The first-order chi connectivity index (χ1) is 10.4. The van der Waals surface area contributed by atoms with Gasteiger partial charge in [-0.3, -0.25) is 4.72 Å². The van der Waals surface area contributed by atoms with E-state index in [0.29, 0.717) is 18.0 Å². The summed E-state index contributed by atoms with van der Waals surface area (Å²) in [5, 5.41) is 0. The van der Waals surface area contributed by atoms with E-state index < -0.39 is 10.0 Å². The van der Waals surface area contributed by atoms with Crippen LogP contribution in [0.3, 0.4) is 0 Å². The molecule has 5 heteroatoms. The molecule has 0 aromatic heterocycles. The molecule has 4 nitrogen and oxygen atoms in total. The molecule has 0 amide bonds. The average molecular weight is 317 g/mol. The van der Waals surface area contributed by atoms with Crippen molar-refractivity contribution in [3.8, 4) is 5.75 Å². The number of hydrogen-bond acceptors (Lipinski definition) is 3. The summed E-state index contributed by atoms with van der Waals surface area (Å²) < 4.78 is 33.0. The van der Waals surface area contributed by atoms with Gasteiger partial charge in [-0.15, -0.1) is 0 Å². The fourth-order valence-corrected chi connectivity index (χ4v) is 2.87. The van der Waals surface area contributed by atoms with Crippen molar-refractivity contribution in [2.75, 3.05) is 11.3 Å². The smallest absolute Gasteiger partial charge is 0.262 e. The second-order valence-electron chi connectivity index (χ2n) is 5.16. The second-order valence-corrected chi connectivity index (χ2v) is 6.84. The molecular weight excluding hydrogens is 298 g/mol. The number of ether oxygens (including phenoxy) is 1. The number of sulfonamides is 1. The van der Waals surface area contributed by atoms with Crippen molar-refractivity contribution in [3.63, 3.8) is 0 Å². The van der Waals surface area contributed by atoms with Gasteiger partial charge >= 0.3 is 0 Å². The minimum absolute atomic E-state index is 0.216. The lowest BCUT2D eigenvalue weighted by Crippen LogP contribution is -2.14. The number of anilines is 1. The first-order valence-corrected chi connectivity index (χ1v) is 8.32. The van der Waals surface area contributed by atoms with Crippen LogP contribution in [0.2, 0.25) is 0 Å². The Balaban J connectivity index is 2.26. The number of nitrogens with one attached hydrogen (secondary N) is 1. The van der Waals surface area contributed by atoms with E-state index in [1.54, 1.807) is 48.5 Å². The Bertz CT molecular complexity index is 765. The number of aryl methyl sites for hydroxylation is 1. The van der Waals surface area contributed by atoms with Gasteiger partial charge in [-0.2, -0.15) is 0 Å². The summed E-state index contributed by atoms with van der Waals surface area (Å²) >= 11 is 0. The molecule has 22 heavy (non-hydrogen) atoms. The molecule has 0 fully saturated rings. The Hall–Kier alpha value is -2.27. The van der Waals surface area contributed by atoms with Crippen LogP contribution in [-0.2, 0) is 10.0 Å². The summed E-state index contributed by atoms with van der Waals surface area (Å²) in [7, 11) is -3.64. The SMILES string of the molecule is C=C(C)COc1ccccc1NS(=O)(=O)c1ccc(C)cc1. The van der Waals surface area contributed by atoms with Gasteiger partial charge in [0.1, 0.15) is 12.4 Å². The van der Waals surface area contributed by atoms with Crippen LogP contribution in [0.5, 0.6) is 5.75 Å². The molecule has 2 aromatic carbocycles. The molecular formula is C17H19NO3S. The summed E-state index contributed by atoms with van der Waals surface area (Å²) in [6.45, 7) is 7.86. The third kappa shape index (κ3) is 4.11. The van der Waals surface area contributed by atoms with E-state index in [4.69, 9.17) is 4.74 Å². The van der Waals surface area contributed by atoms with Gasteiger partial charge in [0.15, 0.2) is 0 Å². The number of rotatable bonds is 6. The van der Waals surface area contributed by atoms with Gasteiger partial charge in [0, 0.05) is 0 Å². The van der Waals surface area contributed by atoms with Crippen LogP contribution in [0.1, 0.15) is 12.5 Å². The van der Waals surface area contributed by atoms with E-state index in [-0.39, 0.29) is 4.90 Å². The average Bonchev–Trinajstić information content (AvgIpc) is 2.46. The molecule has 2 rings (SSSR count). The Labute approximate surface area is 131 Å². The van der Waals surface area contributed by atoms with Crippen LogP contribution in [0.15, 0.2) is 65.6 Å². The quantitative estimate of drug-likeness (QED) is 0.826. The molecule has 2 aromatic rings. The van der Waals surface area contributed by atoms with Gasteiger partial charge in [0.25, 0.3) is 10.0 Å². The van der Waals surface area contributed by atoms with Crippen molar-refractivity contribution in [1.82, 2.24) is 0 Å². The highest BCUT2D eigenvalue weighted by molar-refractivity contribution is 7.92. The van der Waals surface area contributed by atoms with Crippen LogP contribution in [0, 0.1) is 6.92 Å². The second kappa shape index (κ2) is 6.66. The Morgan fingerprint density at radius 1 is 1.14 bits per heavy atom. The third-order valence-electron chi connectivity index (χ3n) is 2.94. The molecule has 116 valence electrons. The van der Waals surface area contributed by atoms with E-state index in [9.17, 15) is 8.42 Å². The highest BCUT2D eigenvalue weighted by Crippen LogP contribution is 2.27. The van der Waals surface area contributed by atoms with Crippen LogP contribution in [-0.4, -0.2) is 15.0 Å². The van der Waals surface area contributed by atoms with Gasteiger partial charge in [-0.25, -0.2) is 8.42 Å². The van der Waals surface area contributed by atoms with Gasteiger partial charge in [-0.1, -0.05) is 36.4 Å². The van der Waals surface area contributed by atoms with Crippen molar-refractivity contribution >= 4 is 15.7 Å². The fraction of sp³-hybridized carbons (Fsp3) is 0.176. The first-order valence-electron chi connectivity index (χ1n) is 6.84. The van der Waals surface area contributed by atoms with E-state index in [0.717, 1.165) is 11.1 Å². The molecule has 0 saturated heterocycles. The standard InChI is InChI=1S/C17H19NO3S/c1-13(2)12-21-17-7-5-4-6-16(17)18-22(19,20)15-10-8-14(3)9-11-15/h4-11,18H,1,12H2,2-3H3. The molecule has 0 radical (unpaired) electrons. The van der Waals surface area contributed by atoms with E-state index >= 15 is 0 Å². The lowest BCUT2D eigenvalue weighted by molar-refractivity contribution is 0.354. The fourth-order valence-electron chi connectivity index (χ4n) is 1.80. The zero-order valence-corrected chi connectivity index (χ0v) is 13.5. The minimum Gasteiger partial charge on any atom is -0.487 e. The Morgan fingerprint density at radius 2 is 1.77 bits per heavy atom. The molecule has 0 bridgehead atoms. The lowest BCUT2D eigenvalue weighted by Gasteiger charge is -2.13. The van der Waals surface area contributed by atoms with Gasteiger partial charge in [-0.05, 0) is 43.7 Å². The third-order valence-corrected chi connectivity index (χ3v) is 4.32. The van der Waals surface area contributed by atoms with Gasteiger partial charge in [0.05, 0.1) is 10.6 Å². The summed E-state index contributed by atoms with van der Waals surface area (Å²) in [5.74, 6) is 0.473. The molecule has 0 atom stereocenters. The van der Waals surface area contributed by atoms with Crippen LogP contribution >= 0.6 is 0 Å². The first kappa shape index (κ1) is 16.1. The van der Waals surface area contributed by atoms with Crippen LogP contribution < -0.4 is 9.46 Å². The highest BCUT2D eigenvalue weighted by atomic mass is 32.2. The molecule has 0 aliphatic heterocycles. The monoisotopic (exact) mass is 317 g/mol. The minimum atomic E-state index is -3.64. The van der Waals surface area contributed by atoms with E-state index in [2.05, 4.69) is 11.3 Å². The van der Waals surface area contributed by atoms with Crippen molar-refractivity contribution in [2.45, 2.75) is 18.7 Å². The van der Waals surface area contributed by atoms with Crippen LogP contribution in [0.25, 0.3) is 0 Å². The maximum Gasteiger partial charge on any atom is 0.262 e. The molecule has 0 aliphatic rings. The molecule has 0 spiro atoms. The molecule has 0 heterocycles. The molecule has 0 aliphatic carbocycles.